The molecule has 3 aromatic rings. The Morgan fingerprint density at radius 3 is 2.19 bits per heavy atom. The molecule has 2 heterocycles. The number of carbonyl (C=O) groups is 1. The van der Waals surface area contributed by atoms with E-state index in [1.165, 1.54) is 35.0 Å². The number of carboxylic acid groups (broad SMARTS) is 1. The third kappa shape index (κ3) is 4.06. The minimum atomic E-state index is -1.42. The number of benzene rings is 2. The molecule has 0 aliphatic carbocycles. The molecule has 0 spiro atoms. The molecular weight excluding hydrogens is 442 g/mol. The second-order valence-electron chi connectivity index (χ2n) is 7.54. The van der Waals surface area contributed by atoms with E-state index in [0.29, 0.717) is 30.0 Å². The van der Waals surface area contributed by atoms with Gasteiger partial charge in [0.1, 0.15) is 17.2 Å². The molecular formula is C22H23ClF2N4O3. The van der Waals surface area contributed by atoms with E-state index in [4.69, 9.17) is 0 Å². The lowest BCUT2D eigenvalue weighted by Crippen LogP contribution is -2.43. The normalized spacial score (nSPS) is 18.1. The molecule has 4 rings (SSSR count). The Morgan fingerprint density at radius 2 is 1.66 bits per heavy atom. The number of aromatic nitrogens is 1. The molecule has 0 unspecified atom stereocenters. The molecule has 1 saturated heterocycles. The average molecular weight is 465 g/mol. The van der Waals surface area contributed by atoms with Crippen LogP contribution in [0.15, 0.2) is 47.4 Å². The zero-order valence-electron chi connectivity index (χ0n) is 17.4. The second kappa shape index (κ2) is 9.23. The van der Waals surface area contributed by atoms with Crippen LogP contribution in [0.4, 0.5) is 14.5 Å². The highest BCUT2D eigenvalue weighted by atomic mass is 35.5. The van der Waals surface area contributed by atoms with Crippen LogP contribution < -0.4 is 21.0 Å². The molecule has 1 aromatic heterocycles. The van der Waals surface area contributed by atoms with Crippen molar-refractivity contribution in [1.82, 2.24) is 15.2 Å². The fraction of sp³-hybridized carbons (Fsp3) is 0.273. The van der Waals surface area contributed by atoms with Gasteiger partial charge in [-0.2, -0.15) is 0 Å². The smallest absolute Gasteiger partial charge is 0.341 e. The summed E-state index contributed by atoms with van der Waals surface area (Å²) in [6.07, 6.45) is 1.19. The fourth-order valence-electron chi connectivity index (χ4n) is 4.13. The van der Waals surface area contributed by atoms with Crippen molar-refractivity contribution < 1.29 is 18.7 Å². The van der Waals surface area contributed by atoms with Crippen molar-refractivity contribution in [3.05, 3.63) is 70.0 Å². The number of carboxylic acids is 1. The molecule has 10 heteroatoms. The Kier molecular flexibility index (Phi) is 6.82. The van der Waals surface area contributed by atoms with Crippen molar-refractivity contribution in [3.8, 4) is 5.69 Å². The second-order valence-corrected chi connectivity index (χ2v) is 7.54. The third-order valence-corrected chi connectivity index (χ3v) is 5.81. The Bertz CT molecular complexity index is 1200. The number of anilines is 1. The number of halogens is 3. The van der Waals surface area contributed by atoms with Crippen LogP contribution in [-0.4, -0.2) is 54.9 Å². The Morgan fingerprint density at radius 1 is 1.06 bits per heavy atom. The summed E-state index contributed by atoms with van der Waals surface area (Å²) in [4.78, 5) is 26.2. The zero-order valence-corrected chi connectivity index (χ0v) is 18.2. The van der Waals surface area contributed by atoms with Crippen LogP contribution in [-0.2, 0) is 0 Å². The van der Waals surface area contributed by atoms with E-state index in [2.05, 4.69) is 10.6 Å². The van der Waals surface area contributed by atoms with Gasteiger partial charge < -0.3 is 25.2 Å². The Balaban J connectivity index is 0.00000289. The molecule has 170 valence electrons. The summed E-state index contributed by atoms with van der Waals surface area (Å²) in [7, 11) is 3.68. The largest absolute Gasteiger partial charge is 0.477 e. The quantitative estimate of drug-likeness (QED) is 0.537. The van der Waals surface area contributed by atoms with Gasteiger partial charge in [-0.1, -0.05) is 0 Å². The van der Waals surface area contributed by atoms with Crippen LogP contribution in [0.3, 0.4) is 0 Å². The predicted molar refractivity (Wildman–Crippen MR) is 122 cm³/mol. The Hall–Kier alpha value is -3.01. The molecule has 0 amide bonds. The summed E-state index contributed by atoms with van der Waals surface area (Å²) in [5.41, 5.74) is -0.158. The molecule has 0 bridgehead atoms. The van der Waals surface area contributed by atoms with Crippen LogP contribution in [0.2, 0.25) is 0 Å². The van der Waals surface area contributed by atoms with Crippen LogP contribution in [0.1, 0.15) is 10.4 Å². The maximum absolute atomic E-state index is 15.1. The molecule has 0 radical (unpaired) electrons. The summed E-state index contributed by atoms with van der Waals surface area (Å²) in [5.74, 6) is -2.47. The molecule has 1 aliphatic rings. The van der Waals surface area contributed by atoms with Crippen LogP contribution in [0.5, 0.6) is 0 Å². The van der Waals surface area contributed by atoms with Gasteiger partial charge in [-0.15, -0.1) is 12.4 Å². The summed E-state index contributed by atoms with van der Waals surface area (Å²) in [6, 6.07) is 8.25. The number of nitrogens with zero attached hydrogens (tertiary/aromatic N) is 2. The number of aromatic carboxylic acids is 1. The van der Waals surface area contributed by atoms with Gasteiger partial charge in [0.25, 0.3) is 0 Å². The van der Waals surface area contributed by atoms with E-state index in [9.17, 15) is 19.1 Å². The topological polar surface area (TPSA) is 86.6 Å². The first kappa shape index (κ1) is 23.6. The van der Waals surface area contributed by atoms with Crippen LogP contribution in [0.25, 0.3) is 16.6 Å². The number of rotatable bonds is 5. The zero-order chi connectivity index (χ0) is 22.3. The van der Waals surface area contributed by atoms with E-state index in [-0.39, 0.29) is 29.9 Å². The van der Waals surface area contributed by atoms with Gasteiger partial charge in [0.05, 0.1) is 11.2 Å². The number of likely N-dealkylation sites (N-methyl/N-ethyl adjacent to an activating group) is 2. The van der Waals surface area contributed by atoms with E-state index >= 15 is 4.39 Å². The van der Waals surface area contributed by atoms with Crippen molar-refractivity contribution in [3.63, 3.8) is 0 Å². The van der Waals surface area contributed by atoms with Gasteiger partial charge in [-0.25, -0.2) is 13.6 Å². The van der Waals surface area contributed by atoms with E-state index in [1.807, 2.05) is 19.0 Å². The summed E-state index contributed by atoms with van der Waals surface area (Å²) in [5, 5.41) is 15.8. The minimum Gasteiger partial charge on any atom is -0.477 e. The maximum atomic E-state index is 15.1. The van der Waals surface area contributed by atoms with Crippen molar-refractivity contribution in [2.45, 2.75) is 12.1 Å². The van der Waals surface area contributed by atoms with Crippen molar-refractivity contribution in [2.24, 2.45) is 0 Å². The van der Waals surface area contributed by atoms with Gasteiger partial charge >= 0.3 is 5.97 Å². The highest BCUT2D eigenvalue weighted by molar-refractivity contribution is 5.94. The molecule has 2 aromatic carbocycles. The number of pyridine rings is 1. The monoisotopic (exact) mass is 464 g/mol. The minimum absolute atomic E-state index is 0. The average Bonchev–Trinajstić information content (AvgIpc) is 3.18. The lowest BCUT2D eigenvalue weighted by atomic mass is 10.1. The molecule has 7 nitrogen and oxygen atoms in total. The Labute approximate surface area is 189 Å². The van der Waals surface area contributed by atoms with E-state index in [1.54, 1.807) is 6.07 Å². The van der Waals surface area contributed by atoms with Crippen LogP contribution >= 0.6 is 12.4 Å². The number of nitrogens with one attached hydrogen (secondary N) is 2. The van der Waals surface area contributed by atoms with Crippen molar-refractivity contribution in [1.29, 1.82) is 0 Å². The number of hydrogen-bond acceptors (Lipinski definition) is 5. The first-order valence-electron chi connectivity index (χ1n) is 9.81. The van der Waals surface area contributed by atoms with Crippen LogP contribution in [0, 0.1) is 11.6 Å². The number of hydrogen-bond donors (Lipinski definition) is 3. The van der Waals surface area contributed by atoms with E-state index in [0.717, 1.165) is 6.07 Å². The lowest BCUT2D eigenvalue weighted by molar-refractivity contribution is 0.0695. The van der Waals surface area contributed by atoms with Gasteiger partial charge in [0, 0.05) is 42.4 Å². The maximum Gasteiger partial charge on any atom is 0.341 e. The molecule has 32 heavy (non-hydrogen) atoms. The highest BCUT2D eigenvalue weighted by Gasteiger charge is 2.32. The van der Waals surface area contributed by atoms with Gasteiger partial charge in [0.15, 0.2) is 0 Å². The van der Waals surface area contributed by atoms with Crippen molar-refractivity contribution >= 4 is 35.0 Å². The fourth-order valence-corrected chi connectivity index (χ4v) is 4.13. The summed E-state index contributed by atoms with van der Waals surface area (Å²) >= 11 is 0. The lowest BCUT2D eigenvalue weighted by Gasteiger charge is -2.21. The van der Waals surface area contributed by atoms with Gasteiger partial charge in [0.2, 0.25) is 5.43 Å². The highest BCUT2D eigenvalue weighted by Crippen LogP contribution is 2.29. The molecule has 3 N–H and O–H groups in total. The first-order valence-corrected chi connectivity index (χ1v) is 9.81. The van der Waals surface area contributed by atoms with Gasteiger partial charge in [-0.05, 0) is 50.5 Å². The molecule has 0 saturated carbocycles. The number of fused-ring (bicyclic) bond motifs is 1. The van der Waals surface area contributed by atoms with Gasteiger partial charge in [-0.3, -0.25) is 4.79 Å². The third-order valence-electron chi connectivity index (χ3n) is 5.81. The van der Waals surface area contributed by atoms with Crippen molar-refractivity contribution in [2.75, 3.05) is 32.1 Å². The standard InChI is InChI=1S/C22H22F2N4O3.ClH/c1-25-17-10-27(11-18(17)26-2)20-8-19-14(7-16(20)24)21(29)15(22(30)31)9-28(19)13-5-3-12(23)4-6-13;/h3-9,17-18,25-26H,10-11H2,1-2H3,(H,30,31);1H/t17-,18-;/m1./s1. The predicted octanol–water partition coefficient (Wildman–Crippen LogP) is 2.38. The molecule has 2 atom stereocenters. The SMILES string of the molecule is CN[C@@H]1CN(c2cc3c(cc2F)c(=O)c(C(=O)O)cn3-c2ccc(F)cc2)C[C@H]1NC.Cl. The molecule has 1 fully saturated rings. The molecule has 1 aliphatic heterocycles. The van der Waals surface area contributed by atoms with E-state index < -0.39 is 28.6 Å². The summed E-state index contributed by atoms with van der Waals surface area (Å²) in [6.45, 7) is 1.11. The first-order chi connectivity index (χ1) is 14.8. The summed E-state index contributed by atoms with van der Waals surface area (Å²) < 4.78 is 30.0.